The highest BCUT2D eigenvalue weighted by Gasteiger charge is 2.14. The van der Waals surface area contributed by atoms with Crippen LogP contribution in [0.25, 0.3) is 0 Å². The molecule has 0 amide bonds. The minimum Gasteiger partial charge on any atom is -0.489 e. The number of hydrogen-bond acceptors (Lipinski definition) is 5. The first-order valence-corrected chi connectivity index (χ1v) is 11.0. The molecule has 0 aliphatic heterocycles. The molecular weight excluding hydrogens is 384 g/mol. The average Bonchev–Trinajstić information content (AvgIpc) is 3.19. The van der Waals surface area contributed by atoms with Crippen LogP contribution >= 0.6 is 11.3 Å². The van der Waals surface area contributed by atoms with Gasteiger partial charge in [-0.25, -0.2) is 13.1 Å². The van der Waals surface area contributed by atoms with Gasteiger partial charge in [-0.2, -0.15) is 0 Å². The number of nitrogens with one attached hydrogen (secondary N) is 3. The highest BCUT2D eigenvalue weighted by molar-refractivity contribution is 7.91. The quantitative estimate of drug-likeness (QED) is 0.334. The Bertz CT molecular complexity index is 836. The monoisotopic (exact) mass is 410 g/mol. The molecule has 0 fully saturated rings. The summed E-state index contributed by atoms with van der Waals surface area (Å²) >= 11 is 1.19. The van der Waals surface area contributed by atoms with Crippen LogP contribution in [0, 0.1) is 6.92 Å². The van der Waals surface area contributed by atoms with E-state index in [2.05, 4.69) is 20.3 Å². The minimum atomic E-state index is -3.44. The second kappa shape index (κ2) is 10.3. The summed E-state index contributed by atoms with van der Waals surface area (Å²) in [6.07, 6.45) is -0.0537. The summed E-state index contributed by atoms with van der Waals surface area (Å²) in [5, 5.41) is 7.99. The first-order chi connectivity index (χ1) is 12.9. The molecule has 0 radical (unpaired) electrons. The molecule has 1 aromatic carbocycles. The van der Waals surface area contributed by atoms with Gasteiger partial charge < -0.3 is 15.4 Å². The van der Waals surface area contributed by atoms with Gasteiger partial charge in [0, 0.05) is 20.1 Å². The van der Waals surface area contributed by atoms with Crippen LogP contribution in [-0.2, 0) is 10.0 Å². The van der Waals surface area contributed by atoms with Crippen LogP contribution in [0.1, 0.15) is 12.5 Å². The van der Waals surface area contributed by atoms with Crippen molar-refractivity contribution in [3.63, 3.8) is 0 Å². The molecule has 0 aliphatic carbocycles. The van der Waals surface area contributed by atoms with Crippen molar-refractivity contribution in [2.75, 3.05) is 26.7 Å². The second-order valence-corrected chi connectivity index (χ2v) is 8.85. The van der Waals surface area contributed by atoms with Crippen molar-refractivity contribution < 1.29 is 13.2 Å². The normalized spacial score (nSPS) is 13.2. The lowest BCUT2D eigenvalue weighted by molar-refractivity contribution is 0.222. The molecule has 7 nitrogen and oxygen atoms in total. The van der Waals surface area contributed by atoms with Gasteiger partial charge in [0.15, 0.2) is 5.96 Å². The minimum absolute atomic E-state index is 0.0537. The number of ether oxygens (including phenoxy) is 1. The average molecular weight is 411 g/mol. The fourth-order valence-corrected chi connectivity index (χ4v) is 4.33. The van der Waals surface area contributed by atoms with Crippen molar-refractivity contribution >= 4 is 27.3 Å². The first-order valence-electron chi connectivity index (χ1n) is 8.62. The first kappa shape index (κ1) is 21.2. The molecule has 27 heavy (non-hydrogen) atoms. The molecule has 0 spiro atoms. The molecule has 3 N–H and O–H groups in total. The summed E-state index contributed by atoms with van der Waals surface area (Å²) in [5.74, 6) is 1.45. The molecule has 9 heteroatoms. The van der Waals surface area contributed by atoms with E-state index in [4.69, 9.17) is 4.74 Å². The molecule has 0 saturated heterocycles. The van der Waals surface area contributed by atoms with Crippen LogP contribution in [0.4, 0.5) is 0 Å². The zero-order chi connectivity index (χ0) is 19.7. The number of benzene rings is 1. The van der Waals surface area contributed by atoms with E-state index in [0.717, 1.165) is 11.3 Å². The number of guanidine groups is 1. The van der Waals surface area contributed by atoms with E-state index in [1.54, 1.807) is 24.6 Å². The van der Waals surface area contributed by atoms with Gasteiger partial charge >= 0.3 is 0 Å². The van der Waals surface area contributed by atoms with Crippen molar-refractivity contribution in [1.82, 2.24) is 15.4 Å². The number of nitrogens with zero attached hydrogens (tertiary/aromatic N) is 1. The Morgan fingerprint density at radius 2 is 1.96 bits per heavy atom. The number of sulfonamides is 1. The van der Waals surface area contributed by atoms with Gasteiger partial charge in [0.05, 0.1) is 6.54 Å². The van der Waals surface area contributed by atoms with Gasteiger partial charge in [0.2, 0.25) is 10.0 Å². The maximum Gasteiger partial charge on any atom is 0.250 e. The Kier molecular flexibility index (Phi) is 8.08. The Morgan fingerprint density at radius 1 is 1.19 bits per heavy atom. The molecule has 2 aromatic rings. The largest absolute Gasteiger partial charge is 0.489 e. The van der Waals surface area contributed by atoms with Gasteiger partial charge in [-0.3, -0.25) is 4.99 Å². The van der Waals surface area contributed by atoms with Crippen molar-refractivity contribution in [2.24, 2.45) is 4.99 Å². The van der Waals surface area contributed by atoms with Crippen molar-refractivity contribution in [3.8, 4) is 5.75 Å². The molecular formula is C18H26N4O3S2. The van der Waals surface area contributed by atoms with Gasteiger partial charge in [0.25, 0.3) is 0 Å². The zero-order valence-corrected chi connectivity index (χ0v) is 17.4. The van der Waals surface area contributed by atoms with Crippen molar-refractivity contribution in [2.45, 2.75) is 24.2 Å². The Labute approximate surface area is 164 Å². The van der Waals surface area contributed by atoms with Gasteiger partial charge in [-0.1, -0.05) is 24.3 Å². The lowest BCUT2D eigenvalue weighted by Crippen LogP contribution is -2.44. The molecule has 1 unspecified atom stereocenters. The third kappa shape index (κ3) is 6.85. The lowest BCUT2D eigenvalue weighted by Gasteiger charge is -2.18. The van der Waals surface area contributed by atoms with Gasteiger partial charge in [-0.05, 0) is 36.9 Å². The van der Waals surface area contributed by atoms with Crippen LogP contribution in [0.15, 0.2) is 51.0 Å². The van der Waals surface area contributed by atoms with Crippen LogP contribution in [0.3, 0.4) is 0 Å². The molecule has 0 aliphatic rings. The van der Waals surface area contributed by atoms with Crippen molar-refractivity contribution in [3.05, 3.63) is 47.3 Å². The van der Waals surface area contributed by atoms with E-state index < -0.39 is 10.0 Å². The smallest absolute Gasteiger partial charge is 0.250 e. The number of para-hydroxylation sites is 1. The Morgan fingerprint density at radius 3 is 2.63 bits per heavy atom. The maximum absolute atomic E-state index is 12.0. The van der Waals surface area contributed by atoms with Crippen LogP contribution in [-0.4, -0.2) is 47.2 Å². The van der Waals surface area contributed by atoms with E-state index in [9.17, 15) is 8.42 Å². The lowest BCUT2D eigenvalue weighted by atomic mass is 10.2. The second-order valence-electron chi connectivity index (χ2n) is 5.90. The van der Waals surface area contributed by atoms with Gasteiger partial charge in [-0.15, -0.1) is 11.3 Å². The third-order valence-electron chi connectivity index (χ3n) is 3.67. The number of aliphatic imine (C=N–C) groups is 1. The van der Waals surface area contributed by atoms with E-state index in [-0.39, 0.29) is 12.6 Å². The Hall–Kier alpha value is -2.10. The Balaban J connectivity index is 1.70. The fraction of sp³-hybridized carbons (Fsp3) is 0.389. The predicted molar refractivity (Wildman–Crippen MR) is 110 cm³/mol. The van der Waals surface area contributed by atoms with E-state index in [0.29, 0.717) is 23.3 Å². The summed E-state index contributed by atoms with van der Waals surface area (Å²) in [6.45, 7) is 5.22. The maximum atomic E-state index is 12.0. The predicted octanol–water partition coefficient (Wildman–Crippen LogP) is 1.97. The molecule has 0 saturated carbocycles. The topological polar surface area (TPSA) is 91.8 Å². The van der Waals surface area contributed by atoms with E-state index in [1.165, 1.54) is 11.3 Å². The van der Waals surface area contributed by atoms with E-state index >= 15 is 0 Å². The fourth-order valence-electron chi connectivity index (χ4n) is 2.26. The summed E-state index contributed by atoms with van der Waals surface area (Å²) in [7, 11) is -1.77. The summed E-state index contributed by atoms with van der Waals surface area (Å²) < 4.78 is 32.9. The highest BCUT2D eigenvalue weighted by atomic mass is 32.2. The summed E-state index contributed by atoms with van der Waals surface area (Å²) in [4.78, 5) is 4.13. The van der Waals surface area contributed by atoms with E-state index in [1.807, 2.05) is 38.1 Å². The molecule has 1 aromatic heterocycles. The van der Waals surface area contributed by atoms with Crippen LogP contribution in [0.2, 0.25) is 0 Å². The third-order valence-corrected chi connectivity index (χ3v) is 6.53. The zero-order valence-electron chi connectivity index (χ0n) is 15.7. The van der Waals surface area contributed by atoms with Crippen molar-refractivity contribution in [1.29, 1.82) is 0 Å². The number of aryl methyl sites for hydroxylation is 1. The van der Waals surface area contributed by atoms with Crippen LogP contribution < -0.4 is 20.1 Å². The number of rotatable bonds is 9. The molecule has 0 bridgehead atoms. The standard InChI is InChI=1S/C18H26N4O3S2/c1-14-7-4-5-8-16(14)25-15(2)13-21-18(19-3)20-10-11-22-27(23,24)17-9-6-12-26-17/h4-9,12,15,22H,10-11,13H2,1-3H3,(H2,19,20,21). The molecule has 1 atom stereocenters. The number of hydrogen-bond donors (Lipinski definition) is 3. The molecule has 2 rings (SSSR count). The number of thiophene rings is 1. The van der Waals surface area contributed by atoms with Gasteiger partial charge in [0.1, 0.15) is 16.1 Å². The summed E-state index contributed by atoms with van der Waals surface area (Å²) in [5.41, 5.74) is 1.09. The molecule has 148 valence electrons. The molecule has 1 heterocycles. The summed E-state index contributed by atoms with van der Waals surface area (Å²) in [6, 6.07) is 11.2. The highest BCUT2D eigenvalue weighted by Crippen LogP contribution is 2.17. The SMILES string of the molecule is CN=C(NCCNS(=O)(=O)c1cccs1)NCC(C)Oc1ccccc1C. The van der Waals surface area contributed by atoms with Crippen LogP contribution in [0.5, 0.6) is 5.75 Å².